The molecule has 0 bridgehead atoms. The van der Waals surface area contributed by atoms with Crippen molar-refractivity contribution in [1.29, 1.82) is 0 Å². The zero-order chi connectivity index (χ0) is 23.1. The molecule has 1 amide bonds. The fourth-order valence-corrected chi connectivity index (χ4v) is 4.11. The average molecular weight is 473 g/mol. The highest BCUT2D eigenvalue weighted by atomic mass is 32.2. The lowest BCUT2D eigenvalue weighted by Gasteiger charge is -2.23. The Labute approximate surface area is 191 Å². The van der Waals surface area contributed by atoms with E-state index in [2.05, 4.69) is 4.72 Å². The molecule has 9 nitrogen and oxygen atoms in total. The zero-order valence-electron chi connectivity index (χ0n) is 18.9. The van der Waals surface area contributed by atoms with E-state index in [1.165, 1.54) is 0 Å². The number of hydrogen-bond acceptors (Lipinski definition) is 7. The lowest BCUT2D eigenvalue weighted by atomic mass is 10.2. The van der Waals surface area contributed by atoms with Gasteiger partial charge in [0.25, 0.3) is 0 Å². The molecule has 0 atom stereocenters. The van der Waals surface area contributed by atoms with E-state index < -0.39 is 10.0 Å². The Bertz CT molecular complexity index is 740. The summed E-state index contributed by atoms with van der Waals surface area (Å²) in [5.41, 5.74) is 1.00. The fraction of sp³-hybridized carbons (Fsp3) is 0.682. The quantitative estimate of drug-likeness (QED) is 0.598. The molecular formula is C22H36N2O7S. The maximum atomic E-state index is 12.6. The van der Waals surface area contributed by atoms with Crippen LogP contribution in [-0.4, -0.2) is 91.7 Å². The fourth-order valence-electron chi connectivity index (χ4n) is 3.04. The van der Waals surface area contributed by atoms with Gasteiger partial charge in [0.2, 0.25) is 15.9 Å². The first-order valence-electron chi connectivity index (χ1n) is 11.1. The van der Waals surface area contributed by atoms with Gasteiger partial charge in [-0.1, -0.05) is 17.7 Å². The van der Waals surface area contributed by atoms with Gasteiger partial charge in [-0.05, 0) is 31.9 Å². The highest BCUT2D eigenvalue weighted by Gasteiger charge is 2.15. The van der Waals surface area contributed by atoms with Crippen LogP contribution in [0.3, 0.4) is 0 Å². The molecule has 32 heavy (non-hydrogen) atoms. The van der Waals surface area contributed by atoms with Gasteiger partial charge < -0.3 is 23.8 Å². The summed E-state index contributed by atoms with van der Waals surface area (Å²) in [4.78, 5) is 14.6. The van der Waals surface area contributed by atoms with Crippen LogP contribution in [0.4, 0.5) is 0 Å². The van der Waals surface area contributed by atoms with Crippen LogP contribution in [-0.2, 0) is 33.8 Å². The SMILES string of the molecule is Cc1ccc(S(=O)(=O)NCCCCC(=O)N2CCOCCOCCOCCOCC2)cc1. The van der Waals surface area contributed by atoms with Crippen molar-refractivity contribution in [2.45, 2.75) is 31.1 Å². The van der Waals surface area contributed by atoms with E-state index in [4.69, 9.17) is 18.9 Å². The number of carbonyl (C=O) groups excluding carboxylic acids is 1. The second-order valence-electron chi connectivity index (χ2n) is 7.50. The standard InChI is InChI=1S/C22H36N2O7S/c1-20-5-7-21(8-6-20)32(26,27)23-9-3-2-4-22(25)24-10-12-28-14-16-30-18-19-31-17-15-29-13-11-24/h5-8,23H,2-4,9-19H2,1H3. The highest BCUT2D eigenvalue weighted by Crippen LogP contribution is 2.10. The van der Waals surface area contributed by atoms with Crippen molar-refractivity contribution in [3.8, 4) is 0 Å². The smallest absolute Gasteiger partial charge is 0.240 e. The molecule has 0 aromatic heterocycles. The maximum Gasteiger partial charge on any atom is 0.240 e. The topological polar surface area (TPSA) is 103 Å². The summed E-state index contributed by atoms with van der Waals surface area (Å²) in [7, 11) is -3.53. The molecule has 1 heterocycles. The van der Waals surface area contributed by atoms with Crippen LogP contribution in [0.5, 0.6) is 0 Å². The maximum absolute atomic E-state index is 12.6. The van der Waals surface area contributed by atoms with Crippen LogP contribution in [0.1, 0.15) is 24.8 Å². The Morgan fingerprint density at radius 3 is 1.88 bits per heavy atom. The zero-order valence-corrected chi connectivity index (χ0v) is 19.7. The summed E-state index contributed by atoms with van der Waals surface area (Å²) < 4.78 is 49.1. The Morgan fingerprint density at radius 1 is 0.844 bits per heavy atom. The number of rotatable bonds is 7. The average Bonchev–Trinajstić information content (AvgIpc) is 2.78. The second-order valence-corrected chi connectivity index (χ2v) is 9.27. The summed E-state index contributed by atoms with van der Waals surface area (Å²) in [5, 5.41) is 0. The molecule has 1 aliphatic heterocycles. The van der Waals surface area contributed by atoms with Gasteiger partial charge in [0, 0.05) is 26.1 Å². The van der Waals surface area contributed by atoms with Gasteiger partial charge in [-0.2, -0.15) is 0 Å². The van der Waals surface area contributed by atoms with Crippen molar-refractivity contribution < 1.29 is 32.2 Å². The minimum atomic E-state index is -3.53. The third-order valence-corrected chi connectivity index (χ3v) is 6.40. The van der Waals surface area contributed by atoms with E-state index in [0.717, 1.165) is 5.56 Å². The van der Waals surface area contributed by atoms with Gasteiger partial charge in [-0.15, -0.1) is 0 Å². The molecule has 1 saturated heterocycles. The van der Waals surface area contributed by atoms with Crippen LogP contribution in [0.25, 0.3) is 0 Å². The molecule has 0 saturated carbocycles. The number of unbranched alkanes of at least 4 members (excludes halogenated alkanes) is 1. The number of nitrogens with one attached hydrogen (secondary N) is 1. The molecule has 0 radical (unpaired) electrons. The predicted octanol–water partition coefficient (Wildman–Crippen LogP) is 1.35. The molecule has 10 heteroatoms. The number of nitrogens with zero attached hydrogens (tertiary/aromatic N) is 1. The van der Waals surface area contributed by atoms with Crippen molar-refractivity contribution in [2.75, 3.05) is 72.5 Å². The third kappa shape index (κ3) is 10.8. The Hall–Kier alpha value is -1.56. The van der Waals surface area contributed by atoms with Crippen molar-refractivity contribution >= 4 is 15.9 Å². The van der Waals surface area contributed by atoms with Crippen LogP contribution in [0.15, 0.2) is 29.2 Å². The minimum Gasteiger partial charge on any atom is -0.377 e. The monoisotopic (exact) mass is 472 g/mol. The molecule has 1 fully saturated rings. The Morgan fingerprint density at radius 2 is 1.34 bits per heavy atom. The first kappa shape index (κ1) is 26.7. The number of aryl methyl sites for hydroxylation is 1. The van der Waals surface area contributed by atoms with Crippen LogP contribution in [0, 0.1) is 6.92 Å². The molecule has 0 unspecified atom stereocenters. The molecule has 1 aliphatic rings. The molecule has 0 spiro atoms. The number of carbonyl (C=O) groups is 1. The number of hydrogen-bond donors (Lipinski definition) is 1. The lowest BCUT2D eigenvalue weighted by molar-refractivity contribution is -0.133. The second kappa shape index (κ2) is 15.3. The van der Waals surface area contributed by atoms with Crippen LogP contribution in [0.2, 0.25) is 0 Å². The van der Waals surface area contributed by atoms with Gasteiger partial charge >= 0.3 is 0 Å². The number of amides is 1. The third-order valence-electron chi connectivity index (χ3n) is 4.92. The van der Waals surface area contributed by atoms with E-state index in [0.29, 0.717) is 85.2 Å². The molecule has 0 aliphatic carbocycles. The van der Waals surface area contributed by atoms with Gasteiger partial charge in [0.05, 0.1) is 57.8 Å². The first-order chi connectivity index (χ1) is 15.5. The molecule has 1 aromatic rings. The summed E-state index contributed by atoms with van der Waals surface area (Å²) in [5.74, 6) is 0.00964. The van der Waals surface area contributed by atoms with E-state index in [1.807, 2.05) is 6.92 Å². The van der Waals surface area contributed by atoms with E-state index >= 15 is 0 Å². The first-order valence-corrected chi connectivity index (χ1v) is 12.6. The van der Waals surface area contributed by atoms with E-state index in [1.54, 1.807) is 29.2 Å². The predicted molar refractivity (Wildman–Crippen MR) is 120 cm³/mol. The Balaban J connectivity index is 1.70. The molecule has 1 N–H and O–H groups in total. The summed E-state index contributed by atoms with van der Waals surface area (Å²) in [6.07, 6.45) is 1.51. The van der Waals surface area contributed by atoms with Gasteiger partial charge in [-0.25, -0.2) is 13.1 Å². The van der Waals surface area contributed by atoms with Crippen molar-refractivity contribution in [3.63, 3.8) is 0 Å². The van der Waals surface area contributed by atoms with Crippen LogP contribution < -0.4 is 4.72 Å². The summed E-state index contributed by atoms with van der Waals surface area (Å²) >= 11 is 0. The van der Waals surface area contributed by atoms with E-state index in [9.17, 15) is 13.2 Å². The van der Waals surface area contributed by atoms with Crippen molar-refractivity contribution in [1.82, 2.24) is 9.62 Å². The van der Waals surface area contributed by atoms with Crippen molar-refractivity contribution in [3.05, 3.63) is 29.8 Å². The largest absolute Gasteiger partial charge is 0.377 e. The van der Waals surface area contributed by atoms with E-state index in [-0.39, 0.29) is 17.3 Å². The molecule has 1 aromatic carbocycles. The van der Waals surface area contributed by atoms with Gasteiger partial charge in [0.1, 0.15) is 0 Å². The molecular weight excluding hydrogens is 436 g/mol. The minimum absolute atomic E-state index is 0.00964. The van der Waals surface area contributed by atoms with Gasteiger partial charge in [-0.3, -0.25) is 4.79 Å². The van der Waals surface area contributed by atoms with Gasteiger partial charge in [0.15, 0.2) is 0 Å². The lowest BCUT2D eigenvalue weighted by Crippen LogP contribution is -2.37. The summed E-state index contributed by atoms with van der Waals surface area (Å²) in [6.45, 7) is 7.00. The van der Waals surface area contributed by atoms with Crippen molar-refractivity contribution in [2.24, 2.45) is 0 Å². The summed E-state index contributed by atoms with van der Waals surface area (Å²) in [6, 6.07) is 6.71. The normalized spacial score (nSPS) is 18.0. The number of sulfonamides is 1. The molecule has 2 rings (SSSR count). The highest BCUT2D eigenvalue weighted by molar-refractivity contribution is 7.89. The molecule has 182 valence electrons. The number of ether oxygens (including phenoxy) is 4. The van der Waals surface area contributed by atoms with Crippen LogP contribution >= 0.6 is 0 Å². The number of benzene rings is 1. The Kier molecular flexibility index (Phi) is 12.8.